The van der Waals surface area contributed by atoms with Gasteiger partial charge in [0.25, 0.3) is 5.91 Å². The quantitative estimate of drug-likeness (QED) is 0.628. The number of hydrogen-bond donors (Lipinski definition) is 2. The van der Waals surface area contributed by atoms with Crippen LogP contribution in [-0.4, -0.2) is 61.1 Å². The molecular formula is C23H18N4O4. The number of carbonyl (C=O) groups excluding carboxylic acids is 1. The van der Waals surface area contributed by atoms with Gasteiger partial charge in [-0.15, -0.1) is 0 Å². The molecule has 0 aliphatic carbocycles. The van der Waals surface area contributed by atoms with Gasteiger partial charge in [-0.05, 0) is 24.3 Å². The van der Waals surface area contributed by atoms with Crippen LogP contribution in [0.4, 0.5) is 0 Å². The number of likely N-dealkylation sites (N-methyl/N-ethyl adjacent to an activating group) is 1. The molecule has 1 atom stereocenters. The number of carbonyl (C=O) groups is 2. The lowest BCUT2D eigenvalue weighted by atomic mass is 10.0. The molecule has 0 spiro atoms. The number of carboxylic acid groups (broad SMARTS) is 1. The zero-order chi connectivity index (χ0) is 22.0. The number of hydrogen-bond acceptors (Lipinski definition) is 6. The molecule has 1 amide bonds. The minimum atomic E-state index is -1.69. The molecule has 0 bridgehead atoms. The van der Waals surface area contributed by atoms with Crippen LogP contribution in [0.5, 0.6) is 0 Å². The van der Waals surface area contributed by atoms with E-state index in [1.165, 1.54) is 23.4 Å². The van der Waals surface area contributed by atoms with Crippen molar-refractivity contribution in [3.05, 3.63) is 66.2 Å². The summed E-state index contributed by atoms with van der Waals surface area (Å²) in [6.07, 6.45) is 4.85. The van der Waals surface area contributed by atoms with E-state index in [0.29, 0.717) is 34.6 Å². The van der Waals surface area contributed by atoms with E-state index < -0.39 is 17.5 Å². The number of aromatic carboxylic acids is 1. The molecular weight excluding hydrogens is 396 g/mol. The third kappa shape index (κ3) is 4.13. The van der Waals surface area contributed by atoms with Crippen LogP contribution in [0.2, 0.25) is 0 Å². The minimum Gasteiger partial charge on any atom is -0.477 e. The lowest BCUT2D eigenvalue weighted by Crippen LogP contribution is -2.37. The average Bonchev–Trinajstić information content (AvgIpc) is 3.06. The van der Waals surface area contributed by atoms with E-state index in [1.54, 1.807) is 43.6 Å². The summed E-state index contributed by atoms with van der Waals surface area (Å²) >= 11 is 0. The van der Waals surface area contributed by atoms with Crippen LogP contribution >= 0.6 is 0 Å². The molecule has 2 aromatic heterocycles. The smallest absolute Gasteiger partial charge is 0.354 e. The number of likely N-dealkylation sites (tertiary alicyclic amines) is 1. The maximum absolute atomic E-state index is 12.1. The summed E-state index contributed by atoms with van der Waals surface area (Å²) in [7, 11) is 1.62. The molecule has 1 aromatic carbocycles. The van der Waals surface area contributed by atoms with E-state index in [4.69, 9.17) is 0 Å². The van der Waals surface area contributed by atoms with Crippen molar-refractivity contribution in [2.24, 2.45) is 0 Å². The van der Waals surface area contributed by atoms with Crippen LogP contribution in [0.3, 0.4) is 0 Å². The summed E-state index contributed by atoms with van der Waals surface area (Å²) in [6, 6.07) is 10.2. The summed E-state index contributed by atoms with van der Waals surface area (Å²) in [5.41, 5.74) is 0.921. The molecule has 154 valence electrons. The van der Waals surface area contributed by atoms with E-state index in [0.717, 1.165) is 0 Å². The Kier molecular flexibility index (Phi) is 5.19. The van der Waals surface area contributed by atoms with Crippen molar-refractivity contribution in [1.82, 2.24) is 19.9 Å². The van der Waals surface area contributed by atoms with Gasteiger partial charge in [0.05, 0.1) is 17.6 Å². The first-order valence-corrected chi connectivity index (χ1v) is 9.49. The van der Waals surface area contributed by atoms with Crippen molar-refractivity contribution < 1.29 is 19.8 Å². The van der Waals surface area contributed by atoms with Crippen molar-refractivity contribution in [3.8, 4) is 34.4 Å². The van der Waals surface area contributed by atoms with E-state index in [-0.39, 0.29) is 12.1 Å². The normalized spacial score (nSPS) is 17.9. The van der Waals surface area contributed by atoms with Crippen LogP contribution in [0.1, 0.15) is 22.5 Å². The number of benzene rings is 1. The van der Waals surface area contributed by atoms with Crippen molar-refractivity contribution in [1.29, 1.82) is 0 Å². The highest BCUT2D eigenvalue weighted by atomic mass is 16.4. The number of aliphatic hydroxyl groups is 1. The van der Waals surface area contributed by atoms with Gasteiger partial charge in [-0.1, -0.05) is 24.0 Å². The Labute approximate surface area is 178 Å². The van der Waals surface area contributed by atoms with Gasteiger partial charge >= 0.3 is 5.97 Å². The van der Waals surface area contributed by atoms with Gasteiger partial charge < -0.3 is 15.1 Å². The van der Waals surface area contributed by atoms with Crippen LogP contribution in [0, 0.1) is 11.8 Å². The van der Waals surface area contributed by atoms with Crippen molar-refractivity contribution >= 4 is 11.9 Å². The Bertz CT molecular complexity index is 1230. The van der Waals surface area contributed by atoms with Gasteiger partial charge in [0.2, 0.25) is 5.60 Å². The molecule has 1 saturated heterocycles. The van der Waals surface area contributed by atoms with Gasteiger partial charge in [0.1, 0.15) is 5.69 Å². The summed E-state index contributed by atoms with van der Waals surface area (Å²) in [5, 5.41) is 20.0. The Morgan fingerprint density at radius 1 is 1.16 bits per heavy atom. The maximum atomic E-state index is 12.1. The second-order valence-electron chi connectivity index (χ2n) is 7.19. The SMILES string of the molecule is CN1CC[C@@](O)(C#Cc2cccc(-c3cc(-c4cnccn4)cc(C(=O)O)n3)c2)C1=O. The highest BCUT2D eigenvalue weighted by Crippen LogP contribution is 2.26. The Morgan fingerprint density at radius 2 is 2.00 bits per heavy atom. The van der Waals surface area contributed by atoms with Gasteiger partial charge in [-0.2, -0.15) is 0 Å². The van der Waals surface area contributed by atoms with Gasteiger partial charge in [0, 0.05) is 49.1 Å². The first-order chi connectivity index (χ1) is 14.9. The molecule has 8 nitrogen and oxygen atoms in total. The molecule has 2 N–H and O–H groups in total. The number of amides is 1. The largest absolute Gasteiger partial charge is 0.477 e. The second kappa shape index (κ2) is 7.97. The Balaban J connectivity index is 1.73. The monoisotopic (exact) mass is 414 g/mol. The Morgan fingerprint density at radius 3 is 2.68 bits per heavy atom. The molecule has 4 rings (SSSR count). The predicted octanol–water partition coefficient (Wildman–Crippen LogP) is 1.85. The first-order valence-electron chi connectivity index (χ1n) is 9.49. The topological polar surface area (TPSA) is 117 Å². The molecule has 1 fully saturated rings. The second-order valence-corrected chi connectivity index (χ2v) is 7.19. The number of nitrogens with zero attached hydrogens (tertiary/aromatic N) is 4. The molecule has 0 unspecified atom stereocenters. The number of pyridine rings is 1. The summed E-state index contributed by atoms with van der Waals surface area (Å²) in [6.45, 7) is 0.446. The zero-order valence-corrected chi connectivity index (χ0v) is 16.6. The van der Waals surface area contributed by atoms with E-state index >= 15 is 0 Å². The highest BCUT2D eigenvalue weighted by Gasteiger charge is 2.42. The van der Waals surface area contributed by atoms with Crippen molar-refractivity contribution in [2.75, 3.05) is 13.6 Å². The fourth-order valence-electron chi connectivity index (χ4n) is 3.29. The fourth-order valence-corrected chi connectivity index (χ4v) is 3.29. The van der Waals surface area contributed by atoms with E-state index in [9.17, 15) is 19.8 Å². The van der Waals surface area contributed by atoms with Crippen molar-refractivity contribution in [2.45, 2.75) is 12.0 Å². The lowest BCUT2D eigenvalue weighted by Gasteiger charge is -2.13. The van der Waals surface area contributed by atoms with Crippen LogP contribution in [0.15, 0.2) is 55.0 Å². The molecule has 31 heavy (non-hydrogen) atoms. The molecule has 0 radical (unpaired) electrons. The maximum Gasteiger partial charge on any atom is 0.354 e. The highest BCUT2D eigenvalue weighted by molar-refractivity contribution is 5.90. The summed E-state index contributed by atoms with van der Waals surface area (Å²) < 4.78 is 0. The van der Waals surface area contributed by atoms with Crippen LogP contribution in [-0.2, 0) is 4.79 Å². The third-order valence-electron chi connectivity index (χ3n) is 4.98. The summed E-state index contributed by atoms with van der Waals surface area (Å²) in [5.74, 6) is 3.97. The van der Waals surface area contributed by atoms with Gasteiger partial charge in [-0.3, -0.25) is 14.8 Å². The van der Waals surface area contributed by atoms with Crippen LogP contribution < -0.4 is 0 Å². The first kappa shape index (κ1) is 20.2. The molecule has 1 aliphatic rings. The predicted molar refractivity (Wildman–Crippen MR) is 112 cm³/mol. The molecule has 8 heteroatoms. The van der Waals surface area contributed by atoms with Gasteiger partial charge in [-0.25, -0.2) is 9.78 Å². The number of aromatic nitrogens is 3. The average molecular weight is 414 g/mol. The third-order valence-corrected chi connectivity index (χ3v) is 4.98. The zero-order valence-electron chi connectivity index (χ0n) is 16.6. The van der Waals surface area contributed by atoms with Crippen molar-refractivity contribution in [3.63, 3.8) is 0 Å². The molecule has 0 saturated carbocycles. The number of carboxylic acids is 1. The minimum absolute atomic E-state index is 0.122. The fraction of sp³-hybridized carbons (Fsp3) is 0.174. The Hall–Kier alpha value is -4.09. The van der Waals surface area contributed by atoms with E-state index in [1.807, 2.05) is 0 Å². The summed E-state index contributed by atoms with van der Waals surface area (Å²) in [4.78, 5) is 37.6. The van der Waals surface area contributed by atoms with E-state index in [2.05, 4.69) is 26.8 Å². The molecule has 3 aromatic rings. The van der Waals surface area contributed by atoms with Gasteiger partial charge in [0.15, 0.2) is 0 Å². The standard InChI is InChI=1S/C23H18N4O4/c1-27-10-7-23(31,22(27)30)6-5-15-3-2-4-16(11-15)18-12-17(13-19(26-18)21(28)29)20-14-24-8-9-25-20/h2-4,8-9,11-14,31H,7,10H2,1H3,(H,28,29)/t23-/m0/s1. The molecule has 3 heterocycles. The lowest BCUT2D eigenvalue weighted by molar-refractivity contribution is -0.137. The molecule has 1 aliphatic heterocycles. The van der Waals surface area contributed by atoms with Crippen LogP contribution in [0.25, 0.3) is 22.5 Å². The number of rotatable bonds is 3.